The molecule has 0 bridgehead atoms. The fourth-order valence-electron chi connectivity index (χ4n) is 8.25. The van der Waals surface area contributed by atoms with Crippen LogP contribution < -0.4 is 0 Å². The molecule has 9 aromatic carbocycles. The first-order valence-corrected chi connectivity index (χ1v) is 19.0. The second kappa shape index (κ2) is 13.1. The van der Waals surface area contributed by atoms with Crippen molar-refractivity contribution >= 4 is 43.1 Å². The van der Waals surface area contributed by atoms with Crippen LogP contribution in [-0.2, 0) is 0 Å². The lowest BCUT2D eigenvalue weighted by molar-refractivity contribution is 1.18. The maximum atomic E-state index is 5.21. The summed E-state index contributed by atoms with van der Waals surface area (Å²) in [4.78, 5) is 14.8. The SMILES string of the molecule is c1cncc(-c2cccc(-c3nc(-c4ccc(-c5ccc6ccccc6c5)cc4)cc(-c4ccc(-c5ccc6ccc7cccc8ccc5c6c78)cc4)n3)c2)c1. The molecule has 2 heterocycles. The Balaban J connectivity index is 1.00. The van der Waals surface area contributed by atoms with Gasteiger partial charge < -0.3 is 0 Å². The fourth-order valence-corrected chi connectivity index (χ4v) is 8.25. The van der Waals surface area contributed by atoms with Crippen molar-refractivity contribution in [1.82, 2.24) is 15.0 Å². The average molecular weight is 712 g/mol. The van der Waals surface area contributed by atoms with Gasteiger partial charge in [-0.2, -0.15) is 0 Å². The van der Waals surface area contributed by atoms with E-state index in [0.29, 0.717) is 5.82 Å². The molecule has 0 radical (unpaired) electrons. The summed E-state index contributed by atoms with van der Waals surface area (Å²) in [5, 5.41) is 10.2. The molecule has 3 heteroatoms. The lowest BCUT2D eigenvalue weighted by atomic mass is 9.89. The number of rotatable bonds is 6. The number of pyridine rings is 1. The molecule has 260 valence electrons. The summed E-state index contributed by atoms with van der Waals surface area (Å²) in [6.45, 7) is 0. The summed E-state index contributed by atoms with van der Waals surface area (Å²) in [6, 6.07) is 67.3. The Morgan fingerprint density at radius 2 is 0.857 bits per heavy atom. The van der Waals surface area contributed by atoms with Crippen LogP contribution in [0.4, 0.5) is 0 Å². The molecule has 0 saturated heterocycles. The van der Waals surface area contributed by atoms with E-state index in [1.54, 1.807) is 6.20 Å². The van der Waals surface area contributed by atoms with Gasteiger partial charge in [0.25, 0.3) is 0 Å². The highest BCUT2D eigenvalue weighted by Crippen LogP contribution is 2.40. The minimum atomic E-state index is 0.678. The van der Waals surface area contributed by atoms with E-state index in [1.807, 2.05) is 12.3 Å². The van der Waals surface area contributed by atoms with Gasteiger partial charge in [0.05, 0.1) is 11.4 Å². The van der Waals surface area contributed by atoms with Crippen LogP contribution in [0.3, 0.4) is 0 Å². The molecule has 0 aliphatic carbocycles. The monoisotopic (exact) mass is 711 g/mol. The Labute approximate surface area is 324 Å². The Kier molecular flexibility index (Phi) is 7.49. The van der Waals surface area contributed by atoms with Crippen molar-refractivity contribution in [2.45, 2.75) is 0 Å². The van der Waals surface area contributed by atoms with Crippen LogP contribution in [0.15, 0.2) is 200 Å². The summed E-state index contributed by atoms with van der Waals surface area (Å²) in [5.41, 5.74) is 11.7. The Morgan fingerprint density at radius 3 is 1.61 bits per heavy atom. The molecule has 2 aromatic heterocycles. The quantitative estimate of drug-likeness (QED) is 0.161. The normalized spacial score (nSPS) is 11.6. The van der Waals surface area contributed by atoms with E-state index in [2.05, 4.69) is 187 Å². The van der Waals surface area contributed by atoms with Gasteiger partial charge in [0, 0.05) is 34.6 Å². The topological polar surface area (TPSA) is 38.7 Å². The molecule has 0 N–H and O–H groups in total. The molecule has 56 heavy (non-hydrogen) atoms. The van der Waals surface area contributed by atoms with E-state index in [4.69, 9.17) is 9.97 Å². The van der Waals surface area contributed by atoms with Gasteiger partial charge in [-0.05, 0) is 95.2 Å². The standard InChI is InChI=1S/C53H33N3/c1-2-7-42-30-44(24-15-34(42)6-1)35-13-18-37(19-14-35)49-32-50(56-53(55-49)45-11-4-10-43(31-45)46-12-5-29-54-33-46)38-20-16-36(17-21-38)47-27-25-41-23-22-39-8-3-9-40-26-28-48(47)52(41)51(39)40/h1-33H. The molecule has 0 aliphatic rings. The van der Waals surface area contributed by atoms with Crippen LogP contribution in [-0.4, -0.2) is 15.0 Å². The predicted octanol–water partition coefficient (Wildman–Crippen LogP) is 13.9. The van der Waals surface area contributed by atoms with E-state index < -0.39 is 0 Å². The van der Waals surface area contributed by atoms with Crippen molar-refractivity contribution < 1.29 is 0 Å². The van der Waals surface area contributed by atoms with Gasteiger partial charge in [0.15, 0.2) is 5.82 Å². The van der Waals surface area contributed by atoms with Crippen LogP contribution in [0.25, 0.3) is 110 Å². The van der Waals surface area contributed by atoms with E-state index in [1.165, 1.54) is 65.3 Å². The molecule has 0 atom stereocenters. The zero-order chi connectivity index (χ0) is 37.0. The lowest BCUT2D eigenvalue weighted by Gasteiger charge is -2.14. The molecule has 0 fully saturated rings. The molecular formula is C53H33N3. The molecule has 0 saturated carbocycles. The van der Waals surface area contributed by atoms with Gasteiger partial charge in [-0.15, -0.1) is 0 Å². The second-order valence-electron chi connectivity index (χ2n) is 14.5. The van der Waals surface area contributed by atoms with E-state index in [-0.39, 0.29) is 0 Å². The fraction of sp³-hybridized carbons (Fsp3) is 0. The second-order valence-corrected chi connectivity index (χ2v) is 14.5. The third kappa shape index (κ3) is 5.57. The highest BCUT2D eigenvalue weighted by atomic mass is 14.9. The Morgan fingerprint density at radius 1 is 0.304 bits per heavy atom. The van der Waals surface area contributed by atoms with Crippen molar-refractivity contribution in [2.75, 3.05) is 0 Å². The largest absolute Gasteiger partial charge is 0.264 e. The number of nitrogens with zero attached hydrogens (tertiary/aromatic N) is 3. The van der Waals surface area contributed by atoms with Crippen LogP contribution in [0.1, 0.15) is 0 Å². The molecule has 0 amide bonds. The van der Waals surface area contributed by atoms with Crippen molar-refractivity contribution in [1.29, 1.82) is 0 Å². The zero-order valence-electron chi connectivity index (χ0n) is 30.4. The van der Waals surface area contributed by atoms with Crippen molar-refractivity contribution in [3.05, 3.63) is 200 Å². The highest BCUT2D eigenvalue weighted by Gasteiger charge is 2.15. The zero-order valence-corrected chi connectivity index (χ0v) is 30.4. The van der Waals surface area contributed by atoms with Gasteiger partial charge >= 0.3 is 0 Å². The molecule has 0 spiro atoms. The van der Waals surface area contributed by atoms with Crippen LogP contribution in [0.5, 0.6) is 0 Å². The van der Waals surface area contributed by atoms with E-state index in [9.17, 15) is 0 Å². The number of benzene rings is 9. The van der Waals surface area contributed by atoms with Gasteiger partial charge in [0.2, 0.25) is 0 Å². The maximum absolute atomic E-state index is 5.21. The minimum absolute atomic E-state index is 0.678. The van der Waals surface area contributed by atoms with Crippen LogP contribution in [0.2, 0.25) is 0 Å². The van der Waals surface area contributed by atoms with Gasteiger partial charge in [0.1, 0.15) is 0 Å². The molecule has 0 unspecified atom stereocenters. The van der Waals surface area contributed by atoms with Gasteiger partial charge in [-0.3, -0.25) is 4.98 Å². The summed E-state index contributed by atoms with van der Waals surface area (Å²) >= 11 is 0. The lowest BCUT2D eigenvalue weighted by Crippen LogP contribution is -1.96. The molecular weight excluding hydrogens is 679 g/mol. The van der Waals surface area contributed by atoms with Crippen LogP contribution >= 0.6 is 0 Å². The summed E-state index contributed by atoms with van der Waals surface area (Å²) in [7, 11) is 0. The van der Waals surface area contributed by atoms with Crippen molar-refractivity contribution in [3.8, 4) is 67.3 Å². The van der Waals surface area contributed by atoms with E-state index in [0.717, 1.165) is 39.2 Å². The minimum Gasteiger partial charge on any atom is -0.264 e. The summed E-state index contributed by atoms with van der Waals surface area (Å²) < 4.78 is 0. The third-order valence-electron chi connectivity index (χ3n) is 11.1. The highest BCUT2D eigenvalue weighted by molar-refractivity contribution is 6.25. The molecule has 11 aromatic rings. The number of hydrogen-bond acceptors (Lipinski definition) is 3. The number of hydrogen-bond donors (Lipinski definition) is 0. The van der Waals surface area contributed by atoms with Gasteiger partial charge in [-0.1, -0.05) is 164 Å². The van der Waals surface area contributed by atoms with Crippen molar-refractivity contribution in [2.24, 2.45) is 0 Å². The van der Waals surface area contributed by atoms with Crippen LogP contribution in [0, 0.1) is 0 Å². The number of fused-ring (bicyclic) bond motifs is 1. The average Bonchev–Trinajstić information content (AvgIpc) is 3.28. The predicted molar refractivity (Wildman–Crippen MR) is 234 cm³/mol. The summed E-state index contributed by atoms with van der Waals surface area (Å²) in [6.07, 6.45) is 3.69. The first-order valence-electron chi connectivity index (χ1n) is 19.0. The first kappa shape index (κ1) is 32.0. The Hall–Kier alpha value is -7.49. The van der Waals surface area contributed by atoms with Gasteiger partial charge in [-0.25, -0.2) is 9.97 Å². The van der Waals surface area contributed by atoms with Crippen molar-refractivity contribution in [3.63, 3.8) is 0 Å². The maximum Gasteiger partial charge on any atom is 0.160 e. The number of aromatic nitrogens is 3. The Bertz CT molecular complexity index is 3210. The summed E-state index contributed by atoms with van der Waals surface area (Å²) in [5.74, 6) is 0.678. The van der Waals surface area contributed by atoms with E-state index >= 15 is 0 Å². The first-order chi connectivity index (χ1) is 27.7. The molecule has 3 nitrogen and oxygen atoms in total. The smallest absolute Gasteiger partial charge is 0.160 e. The molecule has 11 rings (SSSR count). The third-order valence-corrected chi connectivity index (χ3v) is 11.1. The molecule has 0 aliphatic heterocycles.